The summed E-state index contributed by atoms with van der Waals surface area (Å²) in [5.74, 6) is -0.758. The van der Waals surface area contributed by atoms with Gasteiger partial charge in [0.15, 0.2) is 0 Å². The smallest absolute Gasteiger partial charge is 0.325 e. The fourth-order valence-electron chi connectivity index (χ4n) is 2.68. The van der Waals surface area contributed by atoms with Gasteiger partial charge in [0.05, 0.1) is 0 Å². The minimum absolute atomic E-state index is 0.158. The molecule has 1 N–H and O–H groups in total. The van der Waals surface area contributed by atoms with Crippen molar-refractivity contribution < 1.29 is 14.3 Å². The number of aryl methyl sites for hydroxylation is 1. The van der Waals surface area contributed by atoms with Crippen LogP contribution >= 0.6 is 0 Å². The molecular weight excluding hydrogens is 338 g/mol. The second kappa shape index (κ2) is 8.81. The van der Waals surface area contributed by atoms with Crippen molar-refractivity contribution in [3.8, 4) is 11.1 Å². The molecule has 4 nitrogen and oxygen atoms in total. The topological polar surface area (TPSA) is 55.4 Å². The van der Waals surface area contributed by atoms with Gasteiger partial charge in [-0.2, -0.15) is 0 Å². The molecular formula is C23H21NO3. The van der Waals surface area contributed by atoms with E-state index in [0.717, 1.165) is 22.3 Å². The van der Waals surface area contributed by atoms with Crippen LogP contribution in [0.3, 0.4) is 0 Å². The molecule has 0 atom stereocenters. The lowest BCUT2D eigenvalue weighted by atomic mass is 10.0. The molecule has 4 heteroatoms. The maximum absolute atomic E-state index is 12.0. The monoisotopic (exact) mass is 359 g/mol. The number of amides is 1. The first-order valence-electron chi connectivity index (χ1n) is 8.77. The van der Waals surface area contributed by atoms with Crippen molar-refractivity contribution in [2.24, 2.45) is 0 Å². The highest BCUT2D eigenvalue weighted by Crippen LogP contribution is 2.19. The van der Waals surface area contributed by atoms with Crippen molar-refractivity contribution in [1.82, 2.24) is 5.32 Å². The molecule has 0 unspecified atom stereocenters. The van der Waals surface area contributed by atoms with Gasteiger partial charge in [-0.25, -0.2) is 0 Å². The molecule has 0 fully saturated rings. The van der Waals surface area contributed by atoms with Gasteiger partial charge in [-0.05, 0) is 35.7 Å². The van der Waals surface area contributed by atoms with E-state index in [0.29, 0.717) is 5.56 Å². The van der Waals surface area contributed by atoms with Crippen LogP contribution in [-0.2, 0) is 16.1 Å². The van der Waals surface area contributed by atoms with Crippen LogP contribution in [0.15, 0.2) is 78.9 Å². The Hall–Kier alpha value is -3.40. The average molecular weight is 359 g/mol. The predicted octanol–water partition coefficient (Wildman–Crippen LogP) is 4.14. The van der Waals surface area contributed by atoms with Crippen molar-refractivity contribution >= 4 is 11.9 Å². The Morgan fingerprint density at radius 1 is 0.852 bits per heavy atom. The zero-order valence-corrected chi connectivity index (χ0v) is 15.1. The van der Waals surface area contributed by atoms with Gasteiger partial charge in [0.1, 0.15) is 13.2 Å². The van der Waals surface area contributed by atoms with E-state index in [2.05, 4.69) is 5.32 Å². The van der Waals surface area contributed by atoms with Crippen LogP contribution in [0.4, 0.5) is 0 Å². The molecule has 0 saturated heterocycles. The lowest BCUT2D eigenvalue weighted by molar-refractivity contribution is -0.143. The van der Waals surface area contributed by atoms with E-state index in [-0.39, 0.29) is 19.1 Å². The molecule has 0 spiro atoms. The van der Waals surface area contributed by atoms with Gasteiger partial charge >= 0.3 is 5.97 Å². The normalized spacial score (nSPS) is 10.3. The fraction of sp³-hybridized carbons (Fsp3) is 0.130. The molecule has 0 aliphatic carbocycles. The number of nitrogens with one attached hydrogen (secondary N) is 1. The van der Waals surface area contributed by atoms with Crippen molar-refractivity contribution in [2.45, 2.75) is 13.5 Å². The van der Waals surface area contributed by atoms with E-state index in [1.807, 2.05) is 73.7 Å². The average Bonchev–Trinajstić information content (AvgIpc) is 2.71. The van der Waals surface area contributed by atoms with Crippen molar-refractivity contribution in [3.05, 3.63) is 95.6 Å². The Kier molecular flexibility index (Phi) is 6.00. The molecule has 0 radical (unpaired) electrons. The number of esters is 1. The standard InChI is InChI=1S/C23H21NO3/c1-17-6-5-9-21(14-17)23(26)24-15-22(25)27-16-18-10-12-20(13-11-18)19-7-3-2-4-8-19/h2-14H,15-16H2,1H3,(H,24,26). The Bertz CT molecular complexity index is 918. The number of carbonyl (C=O) groups excluding carboxylic acids is 2. The van der Waals surface area contributed by atoms with Crippen LogP contribution in [0.2, 0.25) is 0 Å². The van der Waals surface area contributed by atoms with Crippen LogP contribution in [0.5, 0.6) is 0 Å². The lowest BCUT2D eigenvalue weighted by Gasteiger charge is -2.08. The third-order valence-electron chi connectivity index (χ3n) is 4.13. The number of hydrogen-bond donors (Lipinski definition) is 1. The number of ether oxygens (including phenoxy) is 1. The second-order valence-corrected chi connectivity index (χ2v) is 6.28. The highest BCUT2D eigenvalue weighted by atomic mass is 16.5. The van der Waals surface area contributed by atoms with E-state index in [4.69, 9.17) is 4.74 Å². The first-order chi connectivity index (χ1) is 13.1. The van der Waals surface area contributed by atoms with Crippen molar-refractivity contribution in [1.29, 1.82) is 0 Å². The third-order valence-corrected chi connectivity index (χ3v) is 4.13. The Morgan fingerprint density at radius 2 is 1.56 bits per heavy atom. The molecule has 0 aliphatic rings. The summed E-state index contributed by atoms with van der Waals surface area (Å²) in [4.78, 5) is 23.9. The van der Waals surface area contributed by atoms with Gasteiger partial charge in [-0.3, -0.25) is 9.59 Å². The second-order valence-electron chi connectivity index (χ2n) is 6.28. The molecule has 3 aromatic carbocycles. The summed E-state index contributed by atoms with van der Waals surface area (Å²) in [5, 5.41) is 2.58. The SMILES string of the molecule is Cc1cccc(C(=O)NCC(=O)OCc2ccc(-c3ccccc3)cc2)c1. The number of carbonyl (C=O) groups is 2. The van der Waals surface area contributed by atoms with Gasteiger partial charge < -0.3 is 10.1 Å². The fourth-order valence-corrected chi connectivity index (χ4v) is 2.68. The van der Waals surface area contributed by atoms with Crippen molar-refractivity contribution in [2.75, 3.05) is 6.54 Å². The summed E-state index contributed by atoms with van der Waals surface area (Å²) >= 11 is 0. The first-order valence-corrected chi connectivity index (χ1v) is 8.77. The van der Waals surface area contributed by atoms with E-state index in [1.54, 1.807) is 12.1 Å². The number of hydrogen-bond acceptors (Lipinski definition) is 3. The largest absolute Gasteiger partial charge is 0.460 e. The molecule has 1 amide bonds. The predicted molar refractivity (Wildman–Crippen MR) is 105 cm³/mol. The summed E-state index contributed by atoms with van der Waals surface area (Å²) in [6.45, 7) is 1.93. The highest BCUT2D eigenvalue weighted by Gasteiger charge is 2.09. The molecule has 136 valence electrons. The summed E-state index contributed by atoms with van der Waals surface area (Å²) in [5.41, 5.74) is 4.66. The first kappa shape index (κ1) is 18.4. The van der Waals surface area contributed by atoms with Gasteiger partial charge in [0.2, 0.25) is 0 Å². The van der Waals surface area contributed by atoms with E-state index in [9.17, 15) is 9.59 Å². The van der Waals surface area contributed by atoms with Crippen LogP contribution in [0.25, 0.3) is 11.1 Å². The third kappa shape index (κ3) is 5.28. The summed E-state index contributed by atoms with van der Waals surface area (Å²) < 4.78 is 5.23. The maximum Gasteiger partial charge on any atom is 0.325 e. The number of benzene rings is 3. The lowest BCUT2D eigenvalue weighted by Crippen LogP contribution is -2.30. The molecule has 0 saturated carbocycles. The van der Waals surface area contributed by atoms with E-state index < -0.39 is 5.97 Å². The minimum atomic E-state index is -0.469. The Balaban J connectivity index is 1.47. The highest BCUT2D eigenvalue weighted by molar-refractivity contribution is 5.96. The Morgan fingerprint density at radius 3 is 2.26 bits per heavy atom. The molecule has 0 aromatic heterocycles. The summed E-state index contributed by atoms with van der Waals surface area (Å²) in [6, 6.07) is 25.1. The van der Waals surface area contributed by atoms with Gasteiger partial charge in [-0.15, -0.1) is 0 Å². The quantitative estimate of drug-likeness (QED) is 0.673. The van der Waals surface area contributed by atoms with Crippen LogP contribution in [-0.4, -0.2) is 18.4 Å². The molecule has 0 aliphatic heterocycles. The Labute approximate surface area is 158 Å². The van der Waals surface area contributed by atoms with Crippen LogP contribution in [0, 0.1) is 6.92 Å². The van der Waals surface area contributed by atoms with Gasteiger partial charge in [0, 0.05) is 5.56 Å². The zero-order valence-electron chi connectivity index (χ0n) is 15.1. The molecule has 3 rings (SSSR count). The molecule has 0 heterocycles. The maximum atomic E-state index is 12.0. The van der Waals surface area contributed by atoms with Crippen LogP contribution in [0.1, 0.15) is 21.5 Å². The molecule has 3 aromatic rings. The number of rotatable bonds is 6. The minimum Gasteiger partial charge on any atom is -0.460 e. The summed E-state index contributed by atoms with van der Waals surface area (Å²) in [7, 11) is 0. The van der Waals surface area contributed by atoms with Gasteiger partial charge in [0.25, 0.3) is 5.91 Å². The van der Waals surface area contributed by atoms with Gasteiger partial charge in [-0.1, -0.05) is 72.3 Å². The molecule has 27 heavy (non-hydrogen) atoms. The summed E-state index contributed by atoms with van der Waals surface area (Å²) in [6.07, 6.45) is 0. The van der Waals surface area contributed by atoms with E-state index >= 15 is 0 Å². The van der Waals surface area contributed by atoms with E-state index in [1.165, 1.54) is 0 Å². The van der Waals surface area contributed by atoms with Crippen LogP contribution < -0.4 is 5.32 Å². The van der Waals surface area contributed by atoms with Crippen molar-refractivity contribution in [3.63, 3.8) is 0 Å². The molecule has 0 bridgehead atoms. The zero-order chi connectivity index (χ0) is 19.1.